The predicted octanol–water partition coefficient (Wildman–Crippen LogP) is 2.35. The zero-order valence-electron chi connectivity index (χ0n) is 11.6. The van der Waals surface area contributed by atoms with Crippen molar-refractivity contribution in [3.8, 4) is 0 Å². The van der Waals surface area contributed by atoms with Crippen LogP contribution in [0.5, 0.6) is 0 Å². The highest BCUT2D eigenvalue weighted by atomic mass is 32.2. The van der Waals surface area contributed by atoms with E-state index in [1.807, 2.05) is 0 Å². The Balaban J connectivity index is 2.69. The van der Waals surface area contributed by atoms with Crippen LogP contribution in [0.25, 0.3) is 0 Å². The lowest BCUT2D eigenvalue weighted by molar-refractivity contribution is 0.219. The summed E-state index contributed by atoms with van der Waals surface area (Å²) in [6.07, 6.45) is 7.10. The summed E-state index contributed by atoms with van der Waals surface area (Å²) >= 11 is 0. The van der Waals surface area contributed by atoms with Crippen LogP contribution in [-0.2, 0) is 9.84 Å². The van der Waals surface area contributed by atoms with Crippen molar-refractivity contribution in [1.82, 2.24) is 0 Å². The van der Waals surface area contributed by atoms with Crippen LogP contribution in [0.3, 0.4) is 0 Å². The highest BCUT2D eigenvalue weighted by Crippen LogP contribution is 2.36. The van der Waals surface area contributed by atoms with Crippen molar-refractivity contribution in [2.45, 2.75) is 63.7 Å². The minimum atomic E-state index is -3.10. The number of sulfone groups is 1. The first-order chi connectivity index (χ1) is 7.70. The van der Waals surface area contributed by atoms with Crippen molar-refractivity contribution in [2.24, 2.45) is 17.6 Å². The third-order valence-corrected chi connectivity index (χ3v) is 6.92. The zero-order chi connectivity index (χ0) is 13.3. The summed E-state index contributed by atoms with van der Waals surface area (Å²) in [7, 11) is -3.10. The molecule has 0 amide bonds. The molecule has 0 heterocycles. The number of hydrogen-bond donors (Lipinski definition) is 1. The Kier molecular flexibility index (Phi) is 4.64. The third kappa shape index (κ3) is 3.22. The van der Waals surface area contributed by atoms with E-state index in [0.29, 0.717) is 5.92 Å². The molecule has 1 aliphatic carbocycles. The summed E-state index contributed by atoms with van der Waals surface area (Å²) in [4.78, 5) is 0. The number of hydrogen-bond acceptors (Lipinski definition) is 3. The van der Waals surface area contributed by atoms with Gasteiger partial charge in [-0.2, -0.15) is 0 Å². The second-order valence-corrected chi connectivity index (χ2v) is 8.69. The van der Waals surface area contributed by atoms with E-state index >= 15 is 0 Å². The van der Waals surface area contributed by atoms with Gasteiger partial charge in [0, 0.05) is 12.3 Å². The Hall–Kier alpha value is -0.0900. The van der Waals surface area contributed by atoms with Crippen molar-refractivity contribution in [1.29, 1.82) is 0 Å². The highest BCUT2D eigenvalue weighted by Gasteiger charge is 2.41. The maximum atomic E-state index is 11.8. The van der Waals surface area contributed by atoms with E-state index in [0.717, 1.165) is 18.8 Å². The van der Waals surface area contributed by atoms with Gasteiger partial charge in [-0.15, -0.1) is 0 Å². The molecule has 0 bridgehead atoms. The van der Waals surface area contributed by atoms with Gasteiger partial charge in [0.25, 0.3) is 0 Å². The molecule has 1 unspecified atom stereocenters. The van der Waals surface area contributed by atoms with Gasteiger partial charge in [-0.05, 0) is 38.5 Å². The summed E-state index contributed by atoms with van der Waals surface area (Å²) in [5, 5.41) is 0. The summed E-state index contributed by atoms with van der Waals surface area (Å²) in [6, 6.07) is -0.240. The van der Waals surface area contributed by atoms with Gasteiger partial charge >= 0.3 is 0 Å². The lowest BCUT2D eigenvalue weighted by Gasteiger charge is -2.39. The fourth-order valence-electron chi connectivity index (χ4n) is 2.77. The van der Waals surface area contributed by atoms with Crippen LogP contribution >= 0.6 is 0 Å². The van der Waals surface area contributed by atoms with Crippen LogP contribution in [0.15, 0.2) is 0 Å². The Labute approximate surface area is 106 Å². The van der Waals surface area contributed by atoms with Crippen molar-refractivity contribution < 1.29 is 8.42 Å². The smallest absolute Gasteiger partial charge is 0.154 e. The van der Waals surface area contributed by atoms with Crippen molar-refractivity contribution >= 4 is 9.84 Å². The lowest BCUT2D eigenvalue weighted by atomic mass is 9.75. The molecule has 0 aromatic heterocycles. The number of rotatable bonds is 4. The van der Waals surface area contributed by atoms with Crippen LogP contribution < -0.4 is 5.73 Å². The minimum Gasteiger partial charge on any atom is -0.326 e. The molecule has 1 saturated carbocycles. The van der Waals surface area contributed by atoms with Gasteiger partial charge in [-0.25, -0.2) is 8.42 Å². The van der Waals surface area contributed by atoms with E-state index in [2.05, 4.69) is 6.92 Å². The fourth-order valence-corrected chi connectivity index (χ4v) is 3.46. The Morgan fingerprint density at radius 3 is 2.06 bits per heavy atom. The fraction of sp³-hybridized carbons (Fsp3) is 1.00. The minimum absolute atomic E-state index is 0.240. The second-order valence-electron chi connectivity index (χ2n) is 6.09. The maximum absolute atomic E-state index is 11.8. The molecule has 0 aliphatic heterocycles. The maximum Gasteiger partial charge on any atom is 0.154 e. The van der Waals surface area contributed by atoms with E-state index in [4.69, 9.17) is 5.73 Å². The molecular weight excluding hydrogens is 234 g/mol. The molecule has 17 heavy (non-hydrogen) atoms. The molecule has 0 aromatic carbocycles. The summed E-state index contributed by atoms with van der Waals surface area (Å²) < 4.78 is 22.7. The zero-order valence-corrected chi connectivity index (χ0v) is 12.4. The van der Waals surface area contributed by atoms with Crippen LogP contribution in [0.4, 0.5) is 0 Å². The molecule has 1 aliphatic rings. The van der Waals surface area contributed by atoms with Crippen LogP contribution in [0.1, 0.15) is 52.9 Å². The standard InChI is InChI=1S/C13H27NO2S/c1-5-10-6-8-11(9-7-10)12(14)13(2,3)17(4,15)16/h10-12H,5-9,14H2,1-4H3. The molecule has 102 valence electrons. The van der Waals surface area contributed by atoms with Gasteiger partial charge < -0.3 is 5.73 Å². The molecule has 0 radical (unpaired) electrons. The SMILES string of the molecule is CCC1CCC(C(N)C(C)(C)S(C)(=O)=O)CC1. The van der Waals surface area contributed by atoms with E-state index in [-0.39, 0.29) is 6.04 Å². The summed E-state index contributed by atoms with van der Waals surface area (Å²) in [6.45, 7) is 5.75. The van der Waals surface area contributed by atoms with Gasteiger partial charge in [0.05, 0.1) is 4.75 Å². The third-order valence-electron chi connectivity index (χ3n) is 4.74. The Morgan fingerprint density at radius 2 is 1.71 bits per heavy atom. The normalized spacial score (nSPS) is 29.0. The largest absolute Gasteiger partial charge is 0.326 e. The molecular formula is C13H27NO2S. The van der Waals surface area contributed by atoms with Gasteiger partial charge in [0.1, 0.15) is 0 Å². The van der Waals surface area contributed by atoms with E-state index in [9.17, 15) is 8.42 Å². The molecule has 0 saturated heterocycles. The topological polar surface area (TPSA) is 60.2 Å². The molecule has 0 aromatic rings. The monoisotopic (exact) mass is 261 g/mol. The molecule has 3 nitrogen and oxygen atoms in total. The van der Waals surface area contributed by atoms with Crippen molar-refractivity contribution in [3.63, 3.8) is 0 Å². The van der Waals surface area contributed by atoms with Gasteiger partial charge in [-0.1, -0.05) is 26.2 Å². The lowest BCUT2D eigenvalue weighted by Crippen LogP contribution is -2.53. The first-order valence-electron chi connectivity index (χ1n) is 6.65. The molecule has 2 N–H and O–H groups in total. The van der Waals surface area contributed by atoms with Gasteiger partial charge in [-0.3, -0.25) is 0 Å². The Morgan fingerprint density at radius 1 is 1.24 bits per heavy atom. The molecule has 1 rings (SSSR count). The van der Waals surface area contributed by atoms with Crippen LogP contribution in [0.2, 0.25) is 0 Å². The van der Waals surface area contributed by atoms with E-state index in [1.165, 1.54) is 25.5 Å². The molecule has 0 spiro atoms. The van der Waals surface area contributed by atoms with Crippen LogP contribution in [-0.4, -0.2) is 25.5 Å². The van der Waals surface area contributed by atoms with Gasteiger partial charge in [0.2, 0.25) is 0 Å². The first kappa shape index (κ1) is 15.0. The summed E-state index contributed by atoms with van der Waals surface area (Å²) in [5.74, 6) is 1.18. The van der Waals surface area contributed by atoms with Gasteiger partial charge in [0.15, 0.2) is 9.84 Å². The average molecular weight is 261 g/mol. The summed E-state index contributed by atoms with van der Waals surface area (Å²) in [5.41, 5.74) is 6.22. The van der Waals surface area contributed by atoms with E-state index in [1.54, 1.807) is 13.8 Å². The molecule has 1 atom stereocenters. The highest BCUT2D eigenvalue weighted by molar-refractivity contribution is 7.92. The Bertz CT molecular complexity index is 340. The predicted molar refractivity (Wildman–Crippen MR) is 72.6 cm³/mol. The van der Waals surface area contributed by atoms with Crippen LogP contribution in [0, 0.1) is 11.8 Å². The van der Waals surface area contributed by atoms with Crippen molar-refractivity contribution in [2.75, 3.05) is 6.26 Å². The number of nitrogens with two attached hydrogens (primary N) is 1. The van der Waals surface area contributed by atoms with E-state index < -0.39 is 14.6 Å². The quantitative estimate of drug-likeness (QED) is 0.845. The average Bonchev–Trinajstić information content (AvgIpc) is 2.26. The molecule has 4 heteroatoms. The second kappa shape index (κ2) is 5.27. The first-order valence-corrected chi connectivity index (χ1v) is 8.54. The van der Waals surface area contributed by atoms with Crippen molar-refractivity contribution in [3.05, 3.63) is 0 Å². The molecule has 1 fully saturated rings.